The standard InChI is InChI=1S/C21H23ClN4O2/c1-13-6-7-14(2)17(12-13)23-20(28)26-10-8-21(9-11-26)24-18-15(19(27)25-21)4-3-5-16(18)22/h3-7,12,24H,8-11H2,1-2H3,(H,23,28)(H,25,27). The molecule has 3 N–H and O–H groups in total. The van der Waals surface area contributed by atoms with Crippen molar-refractivity contribution in [1.29, 1.82) is 0 Å². The van der Waals surface area contributed by atoms with E-state index in [1.54, 1.807) is 23.1 Å². The summed E-state index contributed by atoms with van der Waals surface area (Å²) in [6.07, 6.45) is 1.20. The summed E-state index contributed by atoms with van der Waals surface area (Å²) in [5, 5.41) is 10.0. The van der Waals surface area contributed by atoms with Crippen LogP contribution in [-0.2, 0) is 0 Å². The van der Waals surface area contributed by atoms with E-state index in [1.165, 1.54) is 0 Å². The van der Waals surface area contributed by atoms with E-state index in [4.69, 9.17) is 11.6 Å². The van der Waals surface area contributed by atoms with Crippen molar-refractivity contribution in [3.63, 3.8) is 0 Å². The van der Waals surface area contributed by atoms with Gasteiger partial charge < -0.3 is 20.9 Å². The molecule has 0 unspecified atom stereocenters. The van der Waals surface area contributed by atoms with Crippen LogP contribution in [0.1, 0.15) is 34.3 Å². The molecule has 0 bridgehead atoms. The van der Waals surface area contributed by atoms with Crippen LogP contribution in [-0.4, -0.2) is 35.6 Å². The lowest BCUT2D eigenvalue weighted by Crippen LogP contribution is -2.63. The molecule has 2 aliphatic heterocycles. The number of anilines is 2. The van der Waals surface area contributed by atoms with Gasteiger partial charge in [-0.15, -0.1) is 0 Å². The van der Waals surface area contributed by atoms with E-state index in [0.29, 0.717) is 42.2 Å². The van der Waals surface area contributed by atoms with Gasteiger partial charge in [-0.3, -0.25) is 4.79 Å². The highest BCUT2D eigenvalue weighted by molar-refractivity contribution is 6.34. The summed E-state index contributed by atoms with van der Waals surface area (Å²) in [7, 11) is 0. The number of fused-ring (bicyclic) bond motifs is 1. The third-order valence-corrected chi connectivity index (χ3v) is 5.83. The van der Waals surface area contributed by atoms with E-state index in [1.807, 2.05) is 32.0 Å². The normalized spacial score (nSPS) is 17.5. The number of rotatable bonds is 1. The van der Waals surface area contributed by atoms with Crippen molar-refractivity contribution in [2.24, 2.45) is 0 Å². The number of carbonyl (C=O) groups excluding carboxylic acids is 2. The highest BCUT2D eigenvalue weighted by Gasteiger charge is 2.41. The molecule has 2 aliphatic rings. The van der Waals surface area contributed by atoms with Gasteiger partial charge in [0.15, 0.2) is 0 Å². The van der Waals surface area contributed by atoms with Crippen LogP contribution in [0.25, 0.3) is 0 Å². The molecule has 146 valence electrons. The number of nitrogens with zero attached hydrogens (tertiary/aromatic N) is 1. The maximum atomic E-state index is 12.7. The molecule has 0 aromatic heterocycles. The highest BCUT2D eigenvalue weighted by Crippen LogP contribution is 2.35. The minimum Gasteiger partial charge on any atom is -0.361 e. The van der Waals surface area contributed by atoms with Crippen LogP contribution in [0.5, 0.6) is 0 Å². The van der Waals surface area contributed by atoms with E-state index >= 15 is 0 Å². The first-order valence-corrected chi connectivity index (χ1v) is 9.77. The minimum absolute atomic E-state index is 0.121. The van der Waals surface area contributed by atoms with Gasteiger partial charge in [0.1, 0.15) is 5.66 Å². The number of para-hydroxylation sites is 1. The van der Waals surface area contributed by atoms with E-state index in [0.717, 1.165) is 16.8 Å². The van der Waals surface area contributed by atoms with Crippen molar-refractivity contribution in [1.82, 2.24) is 10.2 Å². The number of hydrogen-bond donors (Lipinski definition) is 3. The first-order chi connectivity index (χ1) is 13.4. The molecule has 6 nitrogen and oxygen atoms in total. The first kappa shape index (κ1) is 18.6. The van der Waals surface area contributed by atoms with Gasteiger partial charge in [-0.1, -0.05) is 29.8 Å². The number of urea groups is 1. The minimum atomic E-state index is -0.578. The molecule has 4 rings (SSSR count). The van der Waals surface area contributed by atoms with Gasteiger partial charge in [0.25, 0.3) is 5.91 Å². The third kappa shape index (κ3) is 3.40. The maximum Gasteiger partial charge on any atom is 0.321 e. The average Bonchev–Trinajstić information content (AvgIpc) is 2.66. The van der Waals surface area contributed by atoms with Gasteiger partial charge in [-0.05, 0) is 43.2 Å². The van der Waals surface area contributed by atoms with Crippen LogP contribution in [0.15, 0.2) is 36.4 Å². The largest absolute Gasteiger partial charge is 0.361 e. The smallest absolute Gasteiger partial charge is 0.321 e. The zero-order valence-electron chi connectivity index (χ0n) is 15.9. The van der Waals surface area contributed by atoms with E-state index in [2.05, 4.69) is 16.0 Å². The lowest BCUT2D eigenvalue weighted by atomic mass is 9.92. The molecular weight excluding hydrogens is 376 g/mol. The fourth-order valence-corrected chi connectivity index (χ4v) is 4.02. The molecular formula is C21H23ClN4O2. The molecule has 7 heteroatoms. The number of hydrogen-bond acceptors (Lipinski definition) is 3. The van der Waals surface area contributed by atoms with E-state index < -0.39 is 5.66 Å². The Kier molecular flexibility index (Phi) is 4.67. The highest BCUT2D eigenvalue weighted by atomic mass is 35.5. The lowest BCUT2D eigenvalue weighted by Gasteiger charge is -2.46. The summed E-state index contributed by atoms with van der Waals surface area (Å²) in [5.41, 5.74) is 3.60. The number of likely N-dealkylation sites (tertiary alicyclic amines) is 1. The quantitative estimate of drug-likeness (QED) is 0.676. The van der Waals surface area contributed by atoms with Crippen molar-refractivity contribution < 1.29 is 9.59 Å². The number of aryl methyl sites for hydroxylation is 2. The second kappa shape index (κ2) is 7.02. The number of carbonyl (C=O) groups is 2. The van der Waals surface area contributed by atoms with Crippen LogP contribution < -0.4 is 16.0 Å². The number of halogens is 1. The van der Waals surface area contributed by atoms with Crippen molar-refractivity contribution in [2.75, 3.05) is 23.7 Å². The summed E-state index contributed by atoms with van der Waals surface area (Å²) < 4.78 is 0. The van der Waals surface area contributed by atoms with Crippen LogP contribution in [0.2, 0.25) is 5.02 Å². The Morgan fingerprint density at radius 1 is 1.14 bits per heavy atom. The topological polar surface area (TPSA) is 73.5 Å². The number of nitrogens with one attached hydrogen (secondary N) is 3. The van der Waals surface area contributed by atoms with E-state index in [-0.39, 0.29) is 11.9 Å². The van der Waals surface area contributed by atoms with Crippen LogP contribution in [0, 0.1) is 13.8 Å². The Bertz CT molecular complexity index is 951. The van der Waals surface area contributed by atoms with Crippen LogP contribution >= 0.6 is 11.6 Å². The molecule has 1 spiro atoms. The molecule has 2 aromatic carbocycles. The van der Waals surface area contributed by atoms with Crippen molar-refractivity contribution in [3.05, 3.63) is 58.1 Å². The third-order valence-electron chi connectivity index (χ3n) is 5.51. The zero-order chi connectivity index (χ0) is 19.9. The fourth-order valence-electron chi connectivity index (χ4n) is 3.80. The number of piperidine rings is 1. The Morgan fingerprint density at radius 3 is 2.64 bits per heavy atom. The van der Waals surface area contributed by atoms with Gasteiger partial charge in [0.05, 0.1) is 16.3 Å². The molecule has 28 heavy (non-hydrogen) atoms. The van der Waals surface area contributed by atoms with E-state index in [9.17, 15) is 9.59 Å². The molecule has 1 fully saturated rings. The molecule has 3 amide bonds. The Morgan fingerprint density at radius 2 is 1.89 bits per heavy atom. The van der Waals surface area contributed by atoms with Gasteiger partial charge in [0.2, 0.25) is 0 Å². The Balaban J connectivity index is 1.45. The average molecular weight is 399 g/mol. The summed E-state index contributed by atoms with van der Waals surface area (Å²) in [4.78, 5) is 27.0. The molecule has 0 saturated carbocycles. The Hall–Kier alpha value is -2.73. The SMILES string of the molecule is Cc1ccc(C)c(NC(=O)N2CCC3(CC2)NC(=O)c2cccc(Cl)c2N3)c1. The molecule has 0 aliphatic carbocycles. The maximum absolute atomic E-state index is 12.7. The molecule has 2 heterocycles. The molecule has 2 aromatic rings. The molecule has 1 saturated heterocycles. The number of amides is 3. The van der Waals surface area contributed by atoms with Crippen LogP contribution in [0.3, 0.4) is 0 Å². The predicted molar refractivity (Wildman–Crippen MR) is 111 cm³/mol. The summed E-state index contributed by atoms with van der Waals surface area (Å²) >= 11 is 6.29. The fraction of sp³-hybridized carbons (Fsp3) is 0.333. The van der Waals surface area contributed by atoms with Crippen molar-refractivity contribution in [2.45, 2.75) is 32.4 Å². The molecule has 0 atom stereocenters. The van der Waals surface area contributed by atoms with Crippen molar-refractivity contribution in [3.8, 4) is 0 Å². The molecule has 0 radical (unpaired) electrons. The first-order valence-electron chi connectivity index (χ1n) is 9.39. The van der Waals surface area contributed by atoms with Crippen LogP contribution in [0.4, 0.5) is 16.2 Å². The summed E-state index contributed by atoms with van der Waals surface area (Å²) in [6.45, 7) is 5.04. The van der Waals surface area contributed by atoms with Gasteiger partial charge in [0, 0.05) is 31.6 Å². The predicted octanol–water partition coefficient (Wildman–Crippen LogP) is 4.14. The lowest BCUT2D eigenvalue weighted by molar-refractivity contribution is 0.0852. The second-order valence-corrected chi connectivity index (χ2v) is 7.97. The zero-order valence-corrected chi connectivity index (χ0v) is 16.7. The second-order valence-electron chi connectivity index (χ2n) is 7.56. The summed E-state index contributed by atoms with van der Waals surface area (Å²) in [5.74, 6) is -0.135. The monoisotopic (exact) mass is 398 g/mol. The van der Waals surface area contributed by atoms with Gasteiger partial charge >= 0.3 is 6.03 Å². The van der Waals surface area contributed by atoms with Gasteiger partial charge in [-0.2, -0.15) is 0 Å². The van der Waals surface area contributed by atoms with Crippen molar-refractivity contribution >= 4 is 34.9 Å². The number of benzene rings is 2. The van der Waals surface area contributed by atoms with Gasteiger partial charge in [-0.25, -0.2) is 4.79 Å². The summed E-state index contributed by atoms with van der Waals surface area (Å²) in [6, 6.07) is 11.2. The Labute approximate surface area is 169 Å².